The summed E-state index contributed by atoms with van der Waals surface area (Å²) in [5.41, 5.74) is 0.622. The fourth-order valence-corrected chi connectivity index (χ4v) is 4.94. The lowest BCUT2D eigenvalue weighted by Gasteiger charge is -2.57. The number of Topliss-reactive ketones (excluding diaryl/α,β-unsaturated/α-hetero) is 1. The molecule has 22 heavy (non-hydrogen) atoms. The van der Waals surface area contributed by atoms with Crippen LogP contribution in [0.2, 0.25) is 0 Å². The van der Waals surface area contributed by atoms with Crippen LogP contribution in [-0.4, -0.2) is 43.5 Å². The molecule has 2 aliphatic heterocycles. The van der Waals surface area contributed by atoms with Crippen LogP contribution in [0.15, 0.2) is 12.1 Å². The van der Waals surface area contributed by atoms with Crippen LogP contribution in [0.4, 0.5) is 0 Å². The molecule has 2 aliphatic carbocycles. The highest BCUT2D eigenvalue weighted by Crippen LogP contribution is 2.62. The van der Waals surface area contributed by atoms with Gasteiger partial charge in [-0.25, -0.2) is 0 Å². The fraction of sp³-hybridized carbons (Fsp3) is 0.611. The van der Waals surface area contributed by atoms with E-state index in [9.17, 15) is 6.17 Å². The van der Waals surface area contributed by atoms with Crippen molar-refractivity contribution >= 4 is 5.78 Å². The van der Waals surface area contributed by atoms with Crippen LogP contribution in [0.3, 0.4) is 0 Å². The maximum atomic E-state index is 13.0. The normalized spacial score (nSPS) is 48.7. The van der Waals surface area contributed by atoms with E-state index in [4.69, 9.17) is 16.3 Å². The van der Waals surface area contributed by atoms with Crippen molar-refractivity contribution in [2.45, 2.75) is 43.2 Å². The van der Waals surface area contributed by atoms with Crippen LogP contribution >= 0.6 is 0 Å². The summed E-state index contributed by atoms with van der Waals surface area (Å²) in [5.74, 6) is -1.69. The summed E-state index contributed by atoms with van der Waals surface area (Å²) in [6, 6.07) is 3.09. The number of benzene rings is 1. The molecular weight excluding hydrogens is 278 g/mol. The highest BCUT2D eigenvalue weighted by molar-refractivity contribution is 5.89. The summed E-state index contributed by atoms with van der Waals surface area (Å²) in [4.78, 5) is 15.1. The largest absolute Gasteiger partial charge is 0.493 e. The van der Waals surface area contributed by atoms with Crippen molar-refractivity contribution in [3.63, 3.8) is 0 Å². The van der Waals surface area contributed by atoms with Gasteiger partial charge in [0, 0.05) is 27.5 Å². The van der Waals surface area contributed by atoms with Crippen LogP contribution in [0, 0.1) is 5.89 Å². The molecule has 116 valence electrons. The van der Waals surface area contributed by atoms with Crippen LogP contribution in [0.25, 0.3) is 0 Å². The molecule has 4 nitrogen and oxygen atoms in total. The van der Waals surface area contributed by atoms with E-state index in [-0.39, 0.29) is 24.0 Å². The Balaban J connectivity index is 1.79. The van der Waals surface area contributed by atoms with E-state index >= 15 is 0 Å². The molecule has 2 bridgehead atoms. The number of carbonyl (C=O) groups excluding carboxylic acids is 1. The van der Waals surface area contributed by atoms with Gasteiger partial charge in [-0.15, -0.1) is 0 Å². The van der Waals surface area contributed by atoms with E-state index in [0.717, 1.165) is 5.56 Å². The van der Waals surface area contributed by atoms with Gasteiger partial charge in [0.2, 0.25) is 0 Å². The summed E-state index contributed by atoms with van der Waals surface area (Å²) in [7, 11) is -0.747. The summed E-state index contributed by atoms with van der Waals surface area (Å²) in [6.45, 7) is 0.657. The Morgan fingerprint density at radius 3 is 3.36 bits per heavy atom. The SMILES string of the molecule is [2H]C([2H])([2H])Oc1ccc2c3c1OC1C(=O)C([2H])([2H])C[C@@]4([2H])[C@@H](C2)N(C)CC[C@]314. The number of likely N-dealkylation sites (tertiary alicyclic amines) is 1. The molecule has 1 saturated carbocycles. The third kappa shape index (κ3) is 1.27. The number of hydrogen-bond donors (Lipinski definition) is 0. The minimum atomic E-state index is -2.68. The molecular formula is C18H21NO3. The van der Waals surface area contributed by atoms with Gasteiger partial charge >= 0.3 is 0 Å². The van der Waals surface area contributed by atoms with Crippen LogP contribution in [0.5, 0.6) is 11.5 Å². The number of hydrogen-bond acceptors (Lipinski definition) is 4. The van der Waals surface area contributed by atoms with E-state index in [1.807, 2.05) is 7.05 Å². The smallest absolute Gasteiger partial charge is 0.174 e. The van der Waals surface area contributed by atoms with Crippen molar-refractivity contribution in [3.8, 4) is 11.5 Å². The molecule has 4 aliphatic rings. The molecule has 0 aromatic heterocycles. The predicted octanol–water partition coefficient (Wildman–Crippen LogP) is 1.93. The van der Waals surface area contributed by atoms with E-state index in [1.165, 1.54) is 0 Å². The molecule has 0 amide bonds. The lowest BCUT2D eigenvalue weighted by Crippen LogP contribution is -2.65. The lowest BCUT2D eigenvalue weighted by atomic mass is 9.52. The zero-order valence-electron chi connectivity index (χ0n) is 18.3. The Kier molecular flexibility index (Phi) is 1.53. The maximum Gasteiger partial charge on any atom is 0.174 e. The van der Waals surface area contributed by atoms with Gasteiger partial charge < -0.3 is 14.4 Å². The average Bonchev–Trinajstić information content (AvgIpc) is 2.90. The maximum absolute atomic E-state index is 13.0. The number of carbonyl (C=O) groups is 1. The van der Waals surface area contributed by atoms with E-state index in [0.29, 0.717) is 24.9 Å². The highest BCUT2D eigenvalue weighted by atomic mass is 16.5. The van der Waals surface area contributed by atoms with Crippen molar-refractivity contribution in [1.29, 1.82) is 0 Å². The molecule has 1 aromatic carbocycles. The second kappa shape index (κ2) is 4.05. The highest BCUT2D eigenvalue weighted by Gasteiger charge is 2.65. The zero-order valence-corrected chi connectivity index (χ0v) is 12.3. The standard InChI is InChI=1S/C18H21NO3/c1-19-8-7-18-11-4-5-13(20)17(18)22-16-14(21-2)6-3-10(15(16)18)9-12(11)19/h3,6,11-12,17H,4-5,7-9H2,1-2H3/t11-,12+,17?,18-/m0/s1/i2D3,5D2,11D. The Morgan fingerprint density at radius 1 is 1.59 bits per heavy atom. The first kappa shape index (κ1) is 8.34. The first-order chi connectivity index (χ1) is 12.9. The van der Waals surface area contributed by atoms with Gasteiger partial charge in [0.25, 0.3) is 0 Å². The number of rotatable bonds is 1. The third-order valence-electron chi connectivity index (χ3n) is 5.92. The number of nitrogens with zero attached hydrogens (tertiary/aromatic N) is 1. The summed E-state index contributed by atoms with van der Waals surface area (Å²) < 4.78 is 59.4. The minimum absolute atomic E-state index is 0.0237. The number of ketones is 1. The van der Waals surface area contributed by atoms with Crippen molar-refractivity contribution in [3.05, 3.63) is 23.3 Å². The number of ether oxygens (including phenoxy) is 2. The minimum Gasteiger partial charge on any atom is -0.493 e. The van der Waals surface area contributed by atoms with Crippen molar-refractivity contribution in [2.75, 3.05) is 20.6 Å². The van der Waals surface area contributed by atoms with E-state index < -0.39 is 36.6 Å². The molecule has 1 saturated heterocycles. The number of methoxy groups -OCH3 is 1. The molecule has 1 spiro atoms. The van der Waals surface area contributed by atoms with Crippen LogP contribution < -0.4 is 9.47 Å². The van der Waals surface area contributed by atoms with Gasteiger partial charge in [-0.2, -0.15) is 0 Å². The van der Waals surface area contributed by atoms with Gasteiger partial charge in [0.05, 0.1) is 11.2 Å². The second-order valence-corrected chi connectivity index (χ2v) is 6.69. The summed E-state index contributed by atoms with van der Waals surface area (Å²) in [5, 5.41) is 0. The van der Waals surface area contributed by atoms with Crippen LogP contribution in [-0.2, 0) is 16.6 Å². The molecule has 2 fully saturated rings. The van der Waals surface area contributed by atoms with Crippen molar-refractivity contribution < 1.29 is 22.5 Å². The zero-order chi connectivity index (χ0) is 20.3. The van der Waals surface area contributed by atoms with E-state index in [2.05, 4.69) is 4.90 Å². The monoisotopic (exact) mass is 305 g/mol. The van der Waals surface area contributed by atoms with Crippen molar-refractivity contribution in [2.24, 2.45) is 5.89 Å². The molecule has 2 heterocycles. The topological polar surface area (TPSA) is 38.8 Å². The molecule has 0 N–H and O–H groups in total. The second-order valence-electron chi connectivity index (χ2n) is 6.69. The van der Waals surface area contributed by atoms with Crippen molar-refractivity contribution in [1.82, 2.24) is 4.90 Å². The first-order valence-corrected chi connectivity index (χ1v) is 7.67. The molecule has 4 atom stereocenters. The third-order valence-corrected chi connectivity index (χ3v) is 5.92. The molecule has 1 aromatic rings. The van der Waals surface area contributed by atoms with Gasteiger partial charge in [-0.3, -0.25) is 4.79 Å². The Bertz CT molecular complexity index is 902. The molecule has 1 unspecified atom stereocenters. The van der Waals surface area contributed by atoms with Gasteiger partial charge in [0.1, 0.15) is 0 Å². The number of likely N-dealkylation sites (N-methyl/N-ethyl adjacent to an activating group) is 1. The predicted molar refractivity (Wildman–Crippen MR) is 81.6 cm³/mol. The summed E-state index contributed by atoms with van der Waals surface area (Å²) in [6.07, 6.45) is -2.50. The Morgan fingerprint density at radius 2 is 2.50 bits per heavy atom. The lowest BCUT2D eigenvalue weighted by molar-refractivity contribution is -0.138. The van der Waals surface area contributed by atoms with E-state index in [1.54, 1.807) is 12.1 Å². The average molecular weight is 305 g/mol. The van der Waals surface area contributed by atoms with Gasteiger partial charge in [0.15, 0.2) is 23.4 Å². The molecule has 5 rings (SSSR count). The Labute approximate surface area is 138 Å². The van der Waals surface area contributed by atoms with Gasteiger partial charge in [-0.05, 0) is 50.4 Å². The summed E-state index contributed by atoms with van der Waals surface area (Å²) >= 11 is 0. The van der Waals surface area contributed by atoms with Gasteiger partial charge in [-0.1, -0.05) is 6.07 Å². The quantitative estimate of drug-likeness (QED) is 0.795. The number of piperidine rings is 1. The molecule has 4 heteroatoms. The van der Waals surface area contributed by atoms with Crippen LogP contribution in [0.1, 0.15) is 38.6 Å². The Hall–Kier alpha value is -1.55. The molecule has 0 radical (unpaired) electrons. The fourth-order valence-electron chi connectivity index (χ4n) is 4.94. The first-order valence-electron chi connectivity index (χ1n) is 10.7.